The summed E-state index contributed by atoms with van der Waals surface area (Å²) in [5, 5.41) is 2.43. The normalized spacial score (nSPS) is 32.0. The highest BCUT2D eigenvalue weighted by molar-refractivity contribution is 5.96. The molecule has 0 unspecified atom stereocenters. The Morgan fingerprint density at radius 1 is 1.11 bits per heavy atom. The van der Waals surface area contributed by atoms with Gasteiger partial charge in [0.25, 0.3) is 0 Å². The van der Waals surface area contributed by atoms with Crippen LogP contribution in [0.3, 0.4) is 0 Å². The molecule has 1 aromatic rings. The summed E-state index contributed by atoms with van der Waals surface area (Å²) in [4.78, 5) is 36.7. The zero-order chi connectivity index (χ0) is 19.2. The third-order valence-corrected chi connectivity index (χ3v) is 6.58. The smallest absolute Gasteiger partial charge is 0.338 e. The molecular formula is C21H26N2O4. The van der Waals surface area contributed by atoms with Crippen LogP contribution in [0.4, 0.5) is 10.5 Å². The average molecular weight is 370 g/mol. The first kappa shape index (κ1) is 18.0. The molecule has 0 saturated heterocycles. The van der Waals surface area contributed by atoms with E-state index in [0.29, 0.717) is 23.4 Å². The van der Waals surface area contributed by atoms with E-state index in [1.54, 1.807) is 25.1 Å². The number of urea groups is 1. The summed E-state index contributed by atoms with van der Waals surface area (Å²) in [7, 11) is 0. The minimum atomic E-state index is -0.762. The van der Waals surface area contributed by atoms with Crippen LogP contribution in [0.2, 0.25) is 0 Å². The molecule has 0 aliphatic heterocycles. The number of ketones is 1. The van der Waals surface area contributed by atoms with E-state index < -0.39 is 18.1 Å². The van der Waals surface area contributed by atoms with E-state index in [1.807, 2.05) is 0 Å². The van der Waals surface area contributed by atoms with Gasteiger partial charge in [-0.2, -0.15) is 0 Å². The number of ether oxygens (including phenoxy) is 1. The van der Waals surface area contributed by atoms with Crippen molar-refractivity contribution in [3.05, 3.63) is 29.8 Å². The van der Waals surface area contributed by atoms with Gasteiger partial charge in [-0.3, -0.25) is 4.79 Å². The van der Waals surface area contributed by atoms with Gasteiger partial charge in [-0.05, 0) is 81.4 Å². The number of carbonyl (C=O) groups is 3. The van der Waals surface area contributed by atoms with E-state index in [9.17, 15) is 14.4 Å². The van der Waals surface area contributed by atoms with E-state index >= 15 is 0 Å². The maximum absolute atomic E-state index is 13.2. The fourth-order valence-electron chi connectivity index (χ4n) is 5.99. The summed E-state index contributed by atoms with van der Waals surface area (Å²) in [5.41, 5.74) is 5.51. The average Bonchev–Trinajstić information content (AvgIpc) is 2.59. The van der Waals surface area contributed by atoms with Crippen LogP contribution in [-0.4, -0.2) is 23.9 Å². The van der Waals surface area contributed by atoms with Crippen molar-refractivity contribution in [2.24, 2.45) is 28.9 Å². The predicted octanol–water partition coefficient (Wildman–Crippen LogP) is 3.51. The van der Waals surface area contributed by atoms with Gasteiger partial charge in [0.2, 0.25) is 0 Å². The van der Waals surface area contributed by atoms with Gasteiger partial charge in [-0.1, -0.05) is 6.07 Å². The molecule has 1 aromatic carbocycles. The second-order valence-electron chi connectivity index (χ2n) is 8.68. The highest BCUT2D eigenvalue weighted by atomic mass is 16.5. The van der Waals surface area contributed by atoms with E-state index in [2.05, 4.69) is 5.32 Å². The number of carbonyl (C=O) groups excluding carboxylic acids is 3. The van der Waals surface area contributed by atoms with Crippen molar-refractivity contribution >= 4 is 23.5 Å². The van der Waals surface area contributed by atoms with Crippen molar-refractivity contribution in [1.29, 1.82) is 0 Å². The molecule has 144 valence electrons. The summed E-state index contributed by atoms with van der Waals surface area (Å²) >= 11 is 0. The number of rotatable bonds is 5. The summed E-state index contributed by atoms with van der Waals surface area (Å²) in [6.45, 7) is 1.68. The number of esters is 1. The molecule has 0 aromatic heterocycles. The lowest BCUT2D eigenvalue weighted by Gasteiger charge is -2.56. The highest BCUT2D eigenvalue weighted by Crippen LogP contribution is 2.60. The third kappa shape index (κ3) is 3.45. The Morgan fingerprint density at radius 3 is 2.26 bits per heavy atom. The lowest BCUT2D eigenvalue weighted by atomic mass is 9.48. The lowest BCUT2D eigenvalue weighted by molar-refractivity contribution is -0.152. The van der Waals surface area contributed by atoms with Gasteiger partial charge in [0, 0.05) is 11.1 Å². The maximum atomic E-state index is 13.2. The quantitative estimate of drug-likeness (QED) is 0.775. The number of anilines is 1. The number of nitrogens with two attached hydrogens (primary N) is 1. The SMILES string of the molecule is C[C@H](OC(=O)c1cccc(NC(N)=O)c1)C(=O)C12CC3CC(CC(C3)C1)C2. The molecule has 4 aliphatic rings. The van der Waals surface area contributed by atoms with Crippen molar-refractivity contribution in [3.63, 3.8) is 0 Å². The fraction of sp³-hybridized carbons (Fsp3) is 0.571. The van der Waals surface area contributed by atoms with Gasteiger partial charge in [0.1, 0.15) is 0 Å². The Morgan fingerprint density at radius 2 is 1.70 bits per heavy atom. The molecule has 1 atom stereocenters. The Hall–Kier alpha value is -2.37. The number of amides is 2. The largest absolute Gasteiger partial charge is 0.451 e. The van der Waals surface area contributed by atoms with Crippen LogP contribution in [0.5, 0.6) is 0 Å². The van der Waals surface area contributed by atoms with Crippen LogP contribution in [0.1, 0.15) is 55.8 Å². The number of benzene rings is 1. The van der Waals surface area contributed by atoms with E-state index in [0.717, 1.165) is 19.3 Å². The number of primary amides is 1. The van der Waals surface area contributed by atoms with Crippen LogP contribution in [0.15, 0.2) is 24.3 Å². The Kier molecular flexibility index (Phi) is 4.44. The van der Waals surface area contributed by atoms with Crippen molar-refractivity contribution in [2.75, 3.05) is 5.32 Å². The topological polar surface area (TPSA) is 98.5 Å². The van der Waals surface area contributed by atoms with Crippen molar-refractivity contribution in [1.82, 2.24) is 0 Å². The summed E-state index contributed by atoms with van der Waals surface area (Å²) in [6, 6.07) is 5.65. The van der Waals surface area contributed by atoms with Crippen LogP contribution in [-0.2, 0) is 9.53 Å². The number of Topliss-reactive ketones (excluding diaryl/α,β-unsaturated/α-hetero) is 1. The first-order valence-corrected chi connectivity index (χ1v) is 9.76. The number of hydrogen-bond donors (Lipinski definition) is 2. The third-order valence-electron chi connectivity index (χ3n) is 6.58. The minimum absolute atomic E-state index is 0.0846. The van der Waals surface area contributed by atoms with E-state index in [1.165, 1.54) is 25.3 Å². The molecule has 4 saturated carbocycles. The zero-order valence-electron chi connectivity index (χ0n) is 15.6. The summed E-state index contributed by atoms with van der Waals surface area (Å²) < 4.78 is 5.52. The van der Waals surface area contributed by atoms with Crippen molar-refractivity contribution in [3.8, 4) is 0 Å². The summed E-state index contributed by atoms with van der Waals surface area (Å²) in [5.74, 6) is 1.52. The number of hydrogen-bond acceptors (Lipinski definition) is 4. The lowest BCUT2D eigenvalue weighted by Crippen LogP contribution is -2.52. The molecule has 5 rings (SSSR count). The van der Waals surface area contributed by atoms with Gasteiger partial charge in [0.05, 0.1) is 5.56 Å². The zero-order valence-corrected chi connectivity index (χ0v) is 15.6. The first-order valence-electron chi connectivity index (χ1n) is 9.76. The van der Waals surface area contributed by atoms with Gasteiger partial charge in [-0.25, -0.2) is 9.59 Å². The molecule has 0 spiro atoms. The second kappa shape index (κ2) is 6.66. The Bertz CT molecular complexity index is 753. The van der Waals surface area contributed by atoms with Gasteiger partial charge in [-0.15, -0.1) is 0 Å². The molecule has 6 heteroatoms. The highest BCUT2D eigenvalue weighted by Gasteiger charge is 2.55. The van der Waals surface area contributed by atoms with Gasteiger partial charge in [0.15, 0.2) is 11.9 Å². The number of nitrogens with one attached hydrogen (secondary N) is 1. The molecule has 0 radical (unpaired) electrons. The molecule has 27 heavy (non-hydrogen) atoms. The molecule has 3 N–H and O–H groups in total. The van der Waals surface area contributed by atoms with Gasteiger partial charge < -0.3 is 15.8 Å². The van der Waals surface area contributed by atoms with E-state index in [-0.39, 0.29) is 16.8 Å². The molecule has 4 aliphatic carbocycles. The first-order chi connectivity index (χ1) is 12.8. The van der Waals surface area contributed by atoms with Crippen molar-refractivity contribution in [2.45, 2.75) is 51.6 Å². The standard InChI is InChI=1S/C21H26N2O4/c1-12(27-19(25)16-3-2-4-17(8-16)23-20(22)26)18(24)21-9-13-5-14(10-21)7-15(6-13)11-21/h2-4,8,12-15H,5-7,9-11H2,1H3,(H3,22,23,26)/t12-,13?,14?,15?,21?/m0/s1. The van der Waals surface area contributed by atoms with Crippen molar-refractivity contribution < 1.29 is 19.1 Å². The van der Waals surface area contributed by atoms with E-state index in [4.69, 9.17) is 10.5 Å². The molecule has 2 amide bonds. The molecular weight excluding hydrogens is 344 g/mol. The van der Waals surface area contributed by atoms with Crippen LogP contribution < -0.4 is 11.1 Å². The predicted molar refractivity (Wildman–Crippen MR) is 100 cm³/mol. The van der Waals surface area contributed by atoms with Crippen LogP contribution >= 0.6 is 0 Å². The fourth-order valence-corrected chi connectivity index (χ4v) is 5.99. The monoisotopic (exact) mass is 370 g/mol. The molecule has 4 fully saturated rings. The molecule has 4 bridgehead atoms. The van der Waals surface area contributed by atoms with Gasteiger partial charge >= 0.3 is 12.0 Å². The minimum Gasteiger partial charge on any atom is -0.451 e. The second-order valence-corrected chi connectivity index (χ2v) is 8.68. The Labute approximate surface area is 158 Å². The molecule has 0 heterocycles. The summed E-state index contributed by atoms with van der Waals surface area (Å²) in [6.07, 6.45) is 5.90. The molecule has 6 nitrogen and oxygen atoms in total. The Balaban J connectivity index is 1.44. The maximum Gasteiger partial charge on any atom is 0.338 e. The van der Waals surface area contributed by atoms with Crippen LogP contribution in [0, 0.1) is 23.2 Å². The van der Waals surface area contributed by atoms with Crippen LogP contribution in [0.25, 0.3) is 0 Å².